The van der Waals surface area contributed by atoms with Crippen LogP contribution in [0.15, 0.2) is 0 Å². The molecule has 0 saturated heterocycles. The summed E-state index contributed by atoms with van der Waals surface area (Å²) in [6.45, 7) is 9.05. The lowest BCUT2D eigenvalue weighted by Crippen LogP contribution is -2.40. The third-order valence-corrected chi connectivity index (χ3v) is 4.89. The first kappa shape index (κ1) is 13.0. The average molecular weight is 233 g/mol. The van der Waals surface area contributed by atoms with Gasteiger partial charge in [0.25, 0.3) is 0 Å². The predicted octanol–water partition coefficient (Wildman–Crippen LogP) is 2.09. The van der Waals surface area contributed by atoms with E-state index in [1.807, 2.05) is 0 Å². The minimum atomic E-state index is -3.06. The molecule has 0 aliphatic heterocycles. The predicted molar refractivity (Wildman–Crippen MR) is 63.2 cm³/mol. The van der Waals surface area contributed by atoms with Gasteiger partial charge in [-0.15, -0.1) is 0 Å². The summed E-state index contributed by atoms with van der Waals surface area (Å²) in [5.41, 5.74) is 0. The van der Waals surface area contributed by atoms with E-state index in [9.17, 15) is 8.42 Å². The van der Waals surface area contributed by atoms with Crippen LogP contribution in [0.4, 0.5) is 0 Å². The SMILES string of the molecule is CC(C)CN(CC1CC1)S(=O)(=O)C(C)C. The maximum Gasteiger partial charge on any atom is 0.216 e. The molecule has 0 heterocycles. The van der Waals surface area contributed by atoms with Gasteiger partial charge in [0.2, 0.25) is 10.0 Å². The maximum atomic E-state index is 12.1. The van der Waals surface area contributed by atoms with Crippen molar-refractivity contribution in [1.82, 2.24) is 4.31 Å². The minimum absolute atomic E-state index is 0.296. The van der Waals surface area contributed by atoms with Gasteiger partial charge >= 0.3 is 0 Å². The molecule has 0 unspecified atom stereocenters. The molecular formula is C11H23NO2S. The molecule has 0 aromatic rings. The molecule has 15 heavy (non-hydrogen) atoms. The fraction of sp³-hybridized carbons (Fsp3) is 1.00. The third-order valence-electron chi connectivity index (χ3n) is 2.68. The summed E-state index contributed by atoms with van der Waals surface area (Å²) in [6, 6.07) is 0. The van der Waals surface area contributed by atoms with Crippen molar-refractivity contribution in [2.24, 2.45) is 11.8 Å². The molecular weight excluding hydrogens is 210 g/mol. The number of sulfonamides is 1. The van der Waals surface area contributed by atoms with Crippen molar-refractivity contribution in [3.05, 3.63) is 0 Å². The second kappa shape index (κ2) is 4.83. The zero-order valence-electron chi connectivity index (χ0n) is 10.2. The van der Waals surface area contributed by atoms with Crippen LogP contribution in [0.1, 0.15) is 40.5 Å². The second-order valence-electron chi connectivity index (χ2n) is 5.25. The fourth-order valence-corrected chi connectivity index (χ4v) is 3.10. The molecule has 1 aliphatic rings. The molecule has 0 aromatic carbocycles. The summed E-state index contributed by atoms with van der Waals surface area (Å²) in [5, 5.41) is -0.296. The highest BCUT2D eigenvalue weighted by molar-refractivity contribution is 7.89. The lowest BCUT2D eigenvalue weighted by molar-refractivity contribution is 0.352. The Morgan fingerprint density at radius 2 is 1.73 bits per heavy atom. The van der Waals surface area contributed by atoms with Gasteiger partial charge in [-0.2, -0.15) is 0 Å². The molecule has 1 saturated carbocycles. The molecule has 1 aliphatic carbocycles. The fourth-order valence-electron chi connectivity index (χ4n) is 1.58. The summed E-state index contributed by atoms with van der Waals surface area (Å²) >= 11 is 0. The Bertz CT molecular complexity index is 288. The van der Waals surface area contributed by atoms with E-state index < -0.39 is 10.0 Å². The standard InChI is InChI=1S/C11H23NO2S/c1-9(2)7-12(8-11-5-6-11)15(13,14)10(3)4/h9-11H,5-8H2,1-4H3. The van der Waals surface area contributed by atoms with Crippen LogP contribution in [-0.2, 0) is 10.0 Å². The number of rotatable bonds is 6. The molecule has 3 nitrogen and oxygen atoms in total. The maximum absolute atomic E-state index is 12.1. The van der Waals surface area contributed by atoms with E-state index in [-0.39, 0.29) is 5.25 Å². The smallest absolute Gasteiger partial charge is 0.212 e. The van der Waals surface area contributed by atoms with E-state index in [1.165, 1.54) is 12.8 Å². The summed E-state index contributed by atoms with van der Waals surface area (Å²) in [6.07, 6.45) is 2.39. The summed E-state index contributed by atoms with van der Waals surface area (Å²) in [4.78, 5) is 0. The molecule has 0 amide bonds. The van der Waals surface area contributed by atoms with Gasteiger partial charge in [0.1, 0.15) is 0 Å². The van der Waals surface area contributed by atoms with Gasteiger partial charge in [0.15, 0.2) is 0 Å². The Balaban J connectivity index is 2.69. The van der Waals surface area contributed by atoms with E-state index in [1.54, 1.807) is 18.2 Å². The first-order valence-electron chi connectivity index (χ1n) is 5.83. The lowest BCUT2D eigenvalue weighted by Gasteiger charge is -2.25. The molecule has 90 valence electrons. The first-order chi connectivity index (χ1) is 6.84. The van der Waals surface area contributed by atoms with Gasteiger partial charge in [-0.1, -0.05) is 13.8 Å². The van der Waals surface area contributed by atoms with Crippen molar-refractivity contribution < 1.29 is 8.42 Å². The molecule has 0 spiro atoms. The lowest BCUT2D eigenvalue weighted by atomic mass is 10.2. The normalized spacial score (nSPS) is 18.1. The molecule has 1 fully saturated rings. The van der Waals surface area contributed by atoms with E-state index in [0.29, 0.717) is 18.4 Å². The van der Waals surface area contributed by atoms with E-state index in [2.05, 4.69) is 13.8 Å². The molecule has 4 heteroatoms. The molecule has 0 atom stereocenters. The van der Waals surface area contributed by atoms with E-state index in [0.717, 1.165) is 6.54 Å². The summed E-state index contributed by atoms with van der Waals surface area (Å²) in [5.74, 6) is 1.02. The van der Waals surface area contributed by atoms with Crippen molar-refractivity contribution in [3.8, 4) is 0 Å². The van der Waals surface area contributed by atoms with Crippen LogP contribution in [-0.4, -0.2) is 31.1 Å². The number of nitrogens with zero attached hydrogens (tertiary/aromatic N) is 1. The highest BCUT2D eigenvalue weighted by Crippen LogP contribution is 2.31. The van der Waals surface area contributed by atoms with Crippen molar-refractivity contribution in [1.29, 1.82) is 0 Å². The monoisotopic (exact) mass is 233 g/mol. The Morgan fingerprint density at radius 3 is 2.07 bits per heavy atom. The van der Waals surface area contributed by atoms with Gasteiger partial charge < -0.3 is 0 Å². The summed E-state index contributed by atoms with van der Waals surface area (Å²) in [7, 11) is -3.06. The van der Waals surface area contributed by atoms with Crippen molar-refractivity contribution in [2.45, 2.75) is 45.8 Å². The number of hydrogen-bond donors (Lipinski definition) is 0. The minimum Gasteiger partial charge on any atom is -0.212 e. The third kappa shape index (κ3) is 3.76. The Labute approximate surface area is 93.9 Å². The van der Waals surface area contributed by atoms with Crippen LogP contribution in [0.25, 0.3) is 0 Å². The number of hydrogen-bond acceptors (Lipinski definition) is 2. The Hall–Kier alpha value is -0.0900. The average Bonchev–Trinajstić information content (AvgIpc) is 2.85. The van der Waals surface area contributed by atoms with Crippen molar-refractivity contribution in [2.75, 3.05) is 13.1 Å². The molecule has 0 aromatic heterocycles. The van der Waals surface area contributed by atoms with Crippen LogP contribution in [0.3, 0.4) is 0 Å². The largest absolute Gasteiger partial charge is 0.216 e. The molecule has 0 radical (unpaired) electrons. The van der Waals surface area contributed by atoms with Crippen LogP contribution >= 0.6 is 0 Å². The van der Waals surface area contributed by atoms with E-state index >= 15 is 0 Å². The van der Waals surface area contributed by atoms with Gasteiger partial charge in [-0.3, -0.25) is 0 Å². The highest BCUT2D eigenvalue weighted by atomic mass is 32.2. The molecule has 0 N–H and O–H groups in total. The second-order valence-corrected chi connectivity index (χ2v) is 7.74. The summed E-state index contributed by atoms with van der Waals surface area (Å²) < 4.78 is 25.8. The van der Waals surface area contributed by atoms with Crippen molar-refractivity contribution in [3.63, 3.8) is 0 Å². The van der Waals surface area contributed by atoms with Gasteiger partial charge in [0, 0.05) is 13.1 Å². The Kier molecular flexibility index (Phi) is 4.18. The van der Waals surface area contributed by atoms with Crippen LogP contribution in [0, 0.1) is 11.8 Å². The quantitative estimate of drug-likeness (QED) is 0.704. The highest BCUT2D eigenvalue weighted by Gasteiger charge is 2.32. The topological polar surface area (TPSA) is 37.4 Å². The van der Waals surface area contributed by atoms with Crippen molar-refractivity contribution >= 4 is 10.0 Å². The van der Waals surface area contributed by atoms with Crippen LogP contribution in [0.5, 0.6) is 0 Å². The Morgan fingerprint density at radius 1 is 1.20 bits per heavy atom. The zero-order valence-corrected chi connectivity index (χ0v) is 11.0. The van der Waals surface area contributed by atoms with Gasteiger partial charge in [-0.25, -0.2) is 12.7 Å². The zero-order chi connectivity index (χ0) is 11.6. The van der Waals surface area contributed by atoms with E-state index in [4.69, 9.17) is 0 Å². The first-order valence-corrected chi connectivity index (χ1v) is 7.33. The molecule has 0 bridgehead atoms. The van der Waals surface area contributed by atoms with Crippen LogP contribution in [0.2, 0.25) is 0 Å². The molecule has 1 rings (SSSR count). The van der Waals surface area contributed by atoms with Crippen LogP contribution < -0.4 is 0 Å². The van der Waals surface area contributed by atoms with Gasteiger partial charge in [-0.05, 0) is 38.5 Å². The van der Waals surface area contributed by atoms with Gasteiger partial charge in [0.05, 0.1) is 5.25 Å².